The highest BCUT2D eigenvalue weighted by Crippen LogP contribution is 2.06. The first-order valence-electron chi connectivity index (χ1n) is 5.37. The molecule has 8 heteroatoms. The highest BCUT2D eigenvalue weighted by molar-refractivity contribution is 6.57. The largest absolute Gasteiger partial charge is 0.508 e. The van der Waals surface area contributed by atoms with Gasteiger partial charge in [-0.05, 0) is 6.07 Å². The lowest BCUT2D eigenvalue weighted by Crippen LogP contribution is -2.36. The lowest BCUT2D eigenvalue weighted by molar-refractivity contribution is -0.120. The summed E-state index contributed by atoms with van der Waals surface area (Å²) < 4.78 is 0. The van der Waals surface area contributed by atoms with Gasteiger partial charge in [-0.3, -0.25) is 4.79 Å². The predicted octanol–water partition coefficient (Wildman–Crippen LogP) is -2.52. The van der Waals surface area contributed by atoms with E-state index in [0.29, 0.717) is 32.0 Å². The van der Waals surface area contributed by atoms with Gasteiger partial charge in [-0.1, -0.05) is 0 Å². The first-order chi connectivity index (χ1) is 8.16. The molecule has 0 radical (unpaired) electrons. The molecule has 0 bridgehead atoms. The first-order valence-corrected chi connectivity index (χ1v) is 5.37. The molecule has 1 saturated heterocycles. The summed E-state index contributed by atoms with van der Waals surface area (Å²) in [7, 11) is -1.61. The van der Waals surface area contributed by atoms with Crippen molar-refractivity contribution in [2.24, 2.45) is 0 Å². The second kappa shape index (κ2) is 5.11. The molecule has 1 amide bonds. The minimum Gasteiger partial charge on any atom is -0.422 e. The van der Waals surface area contributed by atoms with Crippen molar-refractivity contribution in [3.8, 4) is 0 Å². The van der Waals surface area contributed by atoms with Crippen LogP contribution >= 0.6 is 0 Å². The van der Waals surface area contributed by atoms with Crippen LogP contribution in [0.1, 0.15) is 6.42 Å². The van der Waals surface area contributed by atoms with Crippen LogP contribution in [0.2, 0.25) is 0 Å². The van der Waals surface area contributed by atoms with Gasteiger partial charge in [-0.15, -0.1) is 0 Å². The van der Waals surface area contributed by atoms with E-state index in [4.69, 9.17) is 10.0 Å². The lowest BCUT2D eigenvalue weighted by Gasteiger charge is -2.19. The van der Waals surface area contributed by atoms with E-state index in [0.717, 1.165) is 0 Å². The van der Waals surface area contributed by atoms with E-state index in [1.54, 1.807) is 0 Å². The van der Waals surface area contributed by atoms with E-state index in [-0.39, 0.29) is 11.5 Å². The zero-order valence-electron chi connectivity index (χ0n) is 9.20. The molecule has 1 aromatic rings. The highest BCUT2D eigenvalue weighted by Gasteiger charge is 2.18. The van der Waals surface area contributed by atoms with E-state index in [2.05, 4.69) is 15.3 Å². The zero-order valence-corrected chi connectivity index (χ0v) is 9.20. The van der Waals surface area contributed by atoms with Gasteiger partial charge in [0.2, 0.25) is 11.9 Å². The fraction of sp³-hybridized carbons (Fsp3) is 0.444. The monoisotopic (exact) mass is 236 g/mol. The number of hydrogen-bond acceptors (Lipinski definition) is 6. The SMILES string of the molecule is O=C1CCN(c2nccc(B(O)O)n2)CCN1. The minimum atomic E-state index is -1.61. The smallest absolute Gasteiger partial charge is 0.422 e. The summed E-state index contributed by atoms with van der Waals surface area (Å²) >= 11 is 0. The van der Waals surface area contributed by atoms with Gasteiger partial charge in [0.1, 0.15) is 0 Å². The molecule has 0 aromatic carbocycles. The van der Waals surface area contributed by atoms with Gasteiger partial charge in [0, 0.05) is 32.3 Å². The maximum absolute atomic E-state index is 11.2. The third-order valence-corrected chi connectivity index (χ3v) is 2.52. The molecular weight excluding hydrogens is 223 g/mol. The average Bonchev–Trinajstić information content (AvgIpc) is 2.54. The van der Waals surface area contributed by atoms with Crippen molar-refractivity contribution in [2.45, 2.75) is 6.42 Å². The van der Waals surface area contributed by atoms with Crippen molar-refractivity contribution in [3.05, 3.63) is 12.3 Å². The maximum atomic E-state index is 11.2. The van der Waals surface area contributed by atoms with Gasteiger partial charge in [0.05, 0.1) is 5.59 Å². The van der Waals surface area contributed by atoms with Crippen LogP contribution in [0.15, 0.2) is 12.3 Å². The maximum Gasteiger partial charge on any atom is 0.508 e. The normalized spacial score (nSPS) is 16.4. The fourth-order valence-electron chi connectivity index (χ4n) is 1.63. The molecule has 90 valence electrons. The minimum absolute atomic E-state index is 0.00541. The molecule has 2 rings (SSSR count). The first kappa shape index (κ1) is 11.8. The third-order valence-electron chi connectivity index (χ3n) is 2.52. The lowest BCUT2D eigenvalue weighted by atomic mass is 9.86. The van der Waals surface area contributed by atoms with Crippen LogP contribution in [0.25, 0.3) is 0 Å². The van der Waals surface area contributed by atoms with Crippen molar-refractivity contribution in [3.63, 3.8) is 0 Å². The number of nitrogens with zero attached hydrogens (tertiary/aromatic N) is 3. The van der Waals surface area contributed by atoms with E-state index in [1.165, 1.54) is 12.3 Å². The summed E-state index contributed by atoms with van der Waals surface area (Å²) in [4.78, 5) is 21.1. The quantitative estimate of drug-likeness (QED) is 0.490. The molecular formula is C9H13BN4O3. The number of aromatic nitrogens is 2. The standard InChI is InChI=1S/C9H13BN4O3/c15-8-2-5-14(6-4-11-8)9-12-3-1-7(13-9)10(16)17/h1,3,16-17H,2,4-6H2,(H,11,15). The van der Waals surface area contributed by atoms with Gasteiger partial charge in [-0.2, -0.15) is 0 Å². The van der Waals surface area contributed by atoms with Crippen LogP contribution in [0.3, 0.4) is 0 Å². The van der Waals surface area contributed by atoms with E-state index < -0.39 is 7.12 Å². The molecule has 1 aliphatic heterocycles. The predicted molar refractivity (Wildman–Crippen MR) is 61.7 cm³/mol. The van der Waals surface area contributed by atoms with Gasteiger partial charge in [0.15, 0.2) is 0 Å². The second-order valence-electron chi connectivity index (χ2n) is 3.74. The Labute approximate surface area is 98.6 Å². The number of carbonyl (C=O) groups excluding carboxylic acids is 1. The molecule has 17 heavy (non-hydrogen) atoms. The Morgan fingerprint density at radius 1 is 1.41 bits per heavy atom. The van der Waals surface area contributed by atoms with E-state index >= 15 is 0 Å². The Hall–Kier alpha value is -1.67. The Bertz CT molecular complexity index is 415. The van der Waals surface area contributed by atoms with Crippen molar-refractivity contribution in [2.75, 3.05) is 24.5 Å². The van der Waals surface area contributed by atoms with Gasteiger partial charge >= 0.3 is 7.12 Å². The molecule has 0 spiro atoms. The molecule has 0 saturated carbocycles. The van der Waals surface area contributed by atoms with E-state index in [9.17, 15) is 4.79 Å². The van der Waals surface area contributed by atoms with Gasteiger partial charge < -0.3 is 20.3 Å². The van der Waals surface area contributed by atoms with Gasteiger partial charge in [-0.25, -0.2) is 9.97 Å². The van der Waals surface area contributed by atoms with Crippen molar-refractivity contribution >= 4 is 24.6 Å². The number of amides is 1. The summed E-state index contributed by atoms with van der Waals surface area (Å²) in [6.45, 7) is 1.67. The van der Waals surface area contributed by atoms with Crippen LogP contribution in [0.4, 0.5) is 5.95 Å². The Kier molecular flexibility index (Phi) is 3.55. The number of nitrogens with one attached hydrogen (secondary N) is 1. The summed E-state index contributed by atoms with van der Waals surface area (Å²) in [5.41, 5.74) is 0.151. The molecule has 2 heterocycles. The molecule has 0 unspecified atom stereocenters. The number of carbonyl (C=O) groups is 1. The molecule has 0 aliphatic carbocycles. The molecule has 1 aliphatic rings. The molecule has 1 fully saturated rings. The summed E-state index contributed by atoms with van der Waals surface area (Å²) in [6, 6.07) is 1.44. The van der Waals surface area contributed by atoms with Crippen molar-refractivity contribution in [1.29, 1.82) is 0 Å². The summed E-state index contributed by atoms with van der Waals surface area (Å²) in [5, 5.41) is 20.8. The summed E-state index contributed by atoms with van der Waals surface area (Å²) in [5.74, 6) is 0.415. The summed E-state index contributed by atoms with van der Waals surface area (Å²) in [6.07, 6.45) is 1.85. The molecule has 1 aromatic heterocycles. The van der Waals surface area contributed by atoms with Crippen LogP contribution in [0.5, 0.6) is 0 Å². The van der Waals surface area contributed by atoms with Crippen LogP contribution < -0.4 is 15.8 Å². The topological polar surface area (TPSA) is 98.6 Å². The van der Waals surface area contributed by atoms with Crippen LogP contribution in [-0.2, 0) is 4.79 Å². The molecule has 0 atom stereocenters. The number of rotatable bonds is 2. The zero-order chi connectivity index (χ0) is 12.3. The highest BCUT2D eigenvalue weighted by atomic mass is 16.4. The number of hydrogen-bond donors (Lipinski definition) is 3. The van der Waals surface area contributed by atoms with Crippen molar-refractivity contribution in [1.82, 2.24) is 15.3 Å². The Morgan fingerprint density at radius 3 is 3.00 bits per heavy atom. The van der Waals surface area contributed by atoms with Crippen LogP contribution in [0, 0.1) is 0 Å². The van der Waals surface area contributed by atoms with E-state index in [1.807, 2.05) is 4.90 Å². The van der Waals surface area contributed by atoms with Crippen LogP contribution in [-0.4, -0.2) is 52.7 Å². The molecule has 3 N–H and O–H groups in total. The fourth-order valence-corrected chi connectivity index (χ4v) is 1.63. The Morgan fingerprint density at radius 2 is 2.24 bits per heavy atom. The number of anilines is 1. The molecule has 7 nitrogen and oxygen atoms in total. The Balaban J connectivity index is 2.15. The van der Waals surface area contributed by atoms with Gasteiger partial charge in [0.25, 0.3) is 0 Å². The average molecular weight is 236 g/mol. The second-order valence-corrected chi connectivity index (χ2v) is 3.74. The van der Waals surface area contributed by atoms with Crippen molar-refractivity contribution < 1.29 is 14.8 Å². The third kappa shape index (κ3) is 2.92.